The van der Waals surface area contributed by atoms with Crippen LogP contribution in [0.3, 0.4) is 0 Å². The lowest BCUT2D eigenvalue weighted by molar-refractivity contribution is 0.0697. The normalized spacial score (nSPS) is 10.7. The summed E-state index contributed by atoms with van der Waals surface area (Å²) >= 11 is 0. The molecule has 0 saturated carbocycles. The Bertz CT molecular complexity index is 516. The monoisotopic (exact) mass is 193 g/mol. The minimum atomic E-state index is -1.05. The molecule has 1 aromatic heterocycles. The van der Waals surface area contributed by atoms with E-state index in [9.17, 15) is 9.18 Å². The first-order valence-corrected chi connectivity index (χ1v) is 4.07. The van der Waals surface area contributed by atoms with Crippen molar-refractivity contribution < 1.29 is 14.3 Å². The molecular weight excluding hydrogens is 185 g/mol. The minimum Gasteiger partial charge on any atom is -0.478 e. The fraction of sp³-hybridized carbons (Fsp3) is 0.100. The summed E-state index contributed by atoms with van der Waals surface area (Å²) in [6.45, 7) is 0. The van der Waals surface area contributed by atoms with Crippen LogP contribution in [0, 0.1) is 5.82 Å². The van der Waals surface area contributed by atoms with Crippen LogP contribution >= 0.6 is 0 Å². The first kappa shape index (κ1) is 8.74. The number of halogens is 1. The molecule has 0 bridgehead atoms. The lowest BCUT2D eigenvalue weighted by Gasteiger charge is -1.96. The van der Waals surface area contributed by atoms with E-state index < -0.39 is 11.8 Å². The Morgan fingerprint density at radius 1 is 1.50 bits per heavy atom. The Hall–Kier alpha value is -1.84. The summed E-state index contributed by atoms with van der Waals surface area (Å²) in [4.78, 5) is 10.6. The van der Waals surface area contributed by atoms with Gasteiger partial charge in [-0.3, -0.25) is 0 Å². The van der Waals surface area contributed by atoms with Crippen LogP contribution in [0.2, 0.25) is 0 Å². The van der Waals surface area contributed by atoms with Gasteiger partial charge >= 0.3 is 5.97 Å². The van der Waals surface area contributed by atoms with E-state index in [0.717, 1.165) is 0 Å². The molecule has 0 radical (unpaired) electrons. The molecule has 1 heterocycles. The number of carboxylic acids is 1. The Labute approximate surface area is 79.4 Å². The number of fused-ring (bicyclic) bond motifs is 1. The molecule has 0 amide bonds. The van der Waals surface area contributed by atoms with E-state index in [-0.39, 0.29) is 5.56 Å². The van der Waals surface area contributed by atoms with Gasteiger partial charge in [-0.1, -0.05) is 0 Å². The minimum absolute atomic E-state index is 0.0996. The number of carbonyl (C=O) groups is 1. The summed E-state index contributed by atoms with van der Waals surface area (Å²) in [5.74, 6) is -1.44. The molecule has 2 aromatic rings. The van der Waals surface area contributed by atoms with Gasteiger partial charge in [-0.2, -0.15) is 0 Å². The fourth-order valence-corrected chi connectivity index (χ4v) is 1.48. The van der Waals surface area contributed by atoms with Crippen LogP contribution in [0.25, 0.3) is 10.9 Å². The topological polar surface area (TPSA) is 42.2 Å². The lowest BCUT2D eigenvalue weighted by Crippen LogP contribution is -1.95. The van der Waals surface area contributed by atoms with Gasteiger partial charge in [-0.05, 0) is 18.2 Å². The number of aromatic carboxylic acids is 1. The number of aryl methyl sites for hydroxylation is 1. The van der Waals surface area contributed by atoms with Crippen molar-refractivity contribution in [2.45, 2.75) is 0 Å². The second kappa shape index (κ2) is 2.83. The van der Waals surface area contributed by atoms with Gasteiger partial charge in [-0.25, -0.2) is 9.18 Å². The average Bonchev–Trinajstić information content (AvgIpc) is 2.42. The van der Waals surface area contributed by atoms with Crippen LogP contribution in [0.5, 0.6) is 0 Å². The summed E-state index contributed by atoms with van der Waals surface area (Å²) in [6, 6.07) is 4.40. The molecule has 14 heavy (non-hydrogen) atoms. The lowest BCUT2D eigenvalue weighted by atomic mass is 10.1. The van der Waals surface area contributed by atoms with Crippen LogP contribution < -0.4 is 0 Å². The molecule has 4 heteroatoms. The summed E-state index contributed by atoms with van der Waals surface area (Å²) in [7, 11) is 1.71. The molecule has 0 aliphatic heterocycles. The first-order valence-electron chi connectivity index (χ1n) is 4.07. The number of nitrogens with zero attached hydrogens (tertiary/aromatic N) is 1. The molecule has 72 valence electrons. The molecule has 0 atom stereocenters. The molecule has 1 aromatic carbocycles. The highest BCUT2D eigenvalue weighted by Gasteiger charge is 2.09. The van der Waals surface area contributed by atoms with Crippen LogP contribution in [0.4, 0.5) is 4.39 Å². The quantitative estimate of drug-likeness (QED) is 0.752. The van der Waals surface area contributed by atoms with Crippen molar-refractivity contribution in [3.8, 4) is 0 Å². The van der Waals surface area contributed by atoms with Gasteiger partial charge in [0, 0.05) is 18.6 Å². The molecule has 3 nitrogen and oxygen atoms in total. The fourth-order valence-electron chi connectivity index (χ4n) is 1.48. The van der Waals surface area contributed by atoms with Gasteiger partial charge in [0.05, 0.1) is 11.1 Å². The summed E-state index contributed by atoms with van der Waals surface area (Å²) in [5.41, 5.74) is 0.787. The molecule has 0 spiro atoms. The largest absolute Gasteiger partial charge is 0.478 e. The zero-order valence-electron chi connectivity index (χ0n) is 7.49. The van der Waals surface area contributed by atoms with Crippen molar-refractivity contribution in [1.29, 1.82) is 0 Å². The SMILES string of the molecule is Cn1cc(F)c2cc(C(=O)O)ccc21. The smallest absolute Gasteiger partial charge is 0.335 e. The number of rotatable bonds is 1. The predicted octanol–water partition coefficient (Wildman–Crippen LogP) is 2.02. The van der Waals surface area contributed by atoms with Gasteiger partial charge in [-0.15, -0.1) is 0 Å². The van der Waals surface area contributed by atoms with E-state index in [1.165, 1.54) is 18.3 Å². The van der Waals surface area contributed by atoms with E-state index in [4.69, 9.17) is 5.11 Å². The second-order valence-corrected chi connectivity index (χ2v) is 3.13. The van der Waals surface area contributed by atoms with Gasteiger partial charge < -0.3 is 9.67 Å². The maximum absolute atomic E-state index is 13.2. The number of aromatic nitrogens is 1. The van der Waals surface area contributed by atoms with E-state index in [1.807, 2.05) is 0 Å². The van der Waals surface area contributed by atoms with Crippen LogP contribution in [-0.4, -0.2) is 15.6 Å². The first-order chi connectivity index (χ1) is 6.59. The summed E-state index contributed by atoms with van der Waals surface area (Å²) < 4.78 is 14.9. The van der Waals surface area contributed by atoms with Crippen molar-refractivity contribution >= 4 is 16.9 Å². The maximum Gasteiger partial charge on any atom is 0.335 e. The molecule has 1 N–H and O–H groups in total. The highest BCUT2D eigenvalue weighted by Crippen LogP contribution is 2.20. The van der Waals surface area contributed by atoms with Gasteiger partial charge in [0.15, 0.2) is 0 Å². The predicted molar refractivity (Wildman–Crippen MR) is 49.8 cm³/mol. The zero-order valence-corrected chi connectivity index (χ0v) is 7.49. The molecule has 0 saturated heterocycles. The number of carboxylic acid groups (broad SMARTS) is 1. The molecule has 0 fully saturated rings. The number of benzene rings is 1. The third kappa shape index (κ3) is 1.16. The van der Waals surface area contributed by atoms with E-state index >= 15 is 0 Å². The molecule has 0 aliphatic rings. The third-order valence-corrected chi connectivity index (χ3v) is 2.19. The van der Waals surface area contributed by atoms with Gasteiger partial charge in [0.2, 0.25) is 0 Å². The van der Waals surface area contributed by atoms with Crippen molar-refractivity contribution in [1.82, 2.24) is 4.57 Å². The summed E-state index contributed by atoms with van der Waals surface area (Å²) in [5, 5.41) is 9.05. The van der Waals surface area contributed by atoms with Crippen molar-refractivity contribution in [3.63, 3.8) is 0 Å². The van der Waals surface area contributed by atoms with Crippen molar-refractivity contribution in [2.24, 2.45) is 7.05 Å². The number of hydrogen-bond donors (Lipinski definition) is 1. The van der Waals surface area contributed by atoms with Gasteiger partial charge in [0.25, 0.3) is 0 Å². The van der Waals surface area contributed by atoms with Crippen LogP contribution in [-0.2, 0) is 7.05 Å². The van der Waals surface area contributed by atoms with Gasteiger partial charge in [0.1, 0.15) is 5.82 Å². The molecule has 0 aliphatic carbocycles. The van der Waals surface area contributed by atoms with E-state index in [1.54, 1.807) is 17.7 Å². The van der Waals surface area contributed by atoms with E-state index in [0.29, 0.717) is 10.9 Å². The standard InChI is InChI=1S/C10H8FNO2/c1-12-5-8(11)7-4-6(10(13)14)2-3-9(7)12/h2-5H,1H3,(H,13,14). The number of hydrogen-bond acceptors (Lipinski definition) is 1. The van der Waals surface area contributed by atoms with Crippen molar-refractivity contribution in [3.05, 3.63) is 35.8 Å². The van der Waals surface area contributed by atoms with Crippen molar-refractivity contribution in [2.75, 3.05) is 0 Å². The highest BCUT2D eigenvalue weighted by atomic mass is 19.1. The third-order valence-electron chi connectivity index (χ3n) is 2.19. The van der Waals surface area contributed by atoms with E-state index in [2.05, 4.69) is 0 Å². The Balaban J connectivity index is 2.77. The molecule has 0 unspecified atom stereocenters. The van der Waals surface area contributed by atoms with Crippen LogP contribution in [0.1, 0.15) is 10.4 Å². The van der Waals surface area contributed by atoms with Crippen LogP contribution in [0.15, 0.2) is 24.4 Å². The second-order valence-electron chi connectivity index (χ2n) is 3.13. The summed E-state index contributed by atoms with van der Waals surface area (Å²) in [6.07, 6.45) is 1.33. The Morgan fingerprint density at radius 2 is 2.21 bits per heavy atom. The highest BCUT2D eigenvalue weighted by molar-refractivity contribution is 5.93. The molecule has 2 rings (SSSR count). The Morgan fingerprint density at radius 3 is 2.86 bits per heavy atom. The molecular formula is C10H8FNO2. The average molecular weight is 193 g/mol. The maximum atomic E-state index is 13.2. The zero-order chi connectivity index (χ0) is 10.3. The Kier molecular flexibility index (Phi) is 1.77.